The fourth-order valence-electron chi connectivity index (χ4n) is 2.20. The van der Waals surface area contributed by atoms with Crippen LogP contribution in [0.15, 0.2) is 28.7 Å². The number of para-hydroxylation sites is 1. The highest BCUT2D eigenvalue weighted by Gasteiger charge is 2.21. The Balaban J connectivity index is 2.35. The van der Waals surface area contributed by atoms with Crippen LogP contribution < -0.4 is 0 Å². The van der Waals surface area contributed by atoms with Crippen molar-refractivity contribution >= 4 is 16.9 Å². The Hall–Kier alpha value is -2.32. The van der Waals surface area contributed by atoms with Gasteiger partial charge in [-0.25, -0.2) is 4.79 Å². The largest absolute Gasteiger partial charge is 0.478 e. The van der Waals surface area contributed by atoms with Crippen LogP contribution in [0.25, 0.3) is 11.0 Å². The van der Waals surface area contributed by atoms with E-state index in [1.807, 2.05) is 17.9 Å². The van der Waals surface area contributed by atoms with Gasteiger partial charge in [-0.1, -0.05) is 25.1 Å². The molecule has 5 nitrogen and oxygen atoms in total. The molecular formula is C15H16N2O3. The Kier molecular flexibility index (Phi) is 4.38. The number of hydrogen-bond donors (Lipinski definition) is 1. The molecular weight excluding hydrogens is 256 g/mol. The molecule has 2 aromatic rings. The zero-order valence-corrected chi connectivity index (χ0v) is 11.3. The number of carboxylic acids is 1. The van der Waals surface area contributed by atoms with Gasteiger partial charge in [0.2, 0.25) is 0 Å². The molecule has 0 aliphatic carbocycles. The Morgan fingerprint density at radius 2 is 2.20 bits per heavy atom. The minimum atomic E-state index is -0.985. The van der Waals surface area contributed by atoms with Gasteiger partial charge in [0.1, 0.15) is 16.9 Å². The molecule has 0 atom stereocenters. The first-order valence-electron chi connectivity index (χ1n) is 6.50. The molecule has 0 amide bonds. The number of aromatic carboxylic acids is 1. The molecule has 0 saturated carbocycles. The normalized spacial score (nSPS) is 10.8. The lowest BCUT2D eigenvalue weighted by atomic mass is 10.1. The van der Waals surface area contributed by atoms with Gasteiger partial charge in [-0.05, 0) is 12.6 Å². The summed E-state index contributed by atoms with van der Waals surface area (Å²) in [4.78, 5) is 13.4. The Morgan fingerprint density at radius 1 is 1.45 bits per heavy atom. The molecule has 2 rings (SSSR count). The van der Waals surface area contributed by atoms with Crippen LogP contribution in [0.4, 0.5) is 0 Å². The minimum Gasteiger partial charge on any atom is -0.478 e. The summed E-state index contributed by atoms with van der Waals surface area (Å²) in [5, 5.41) is 18.6. The predicted molar refractivity (Wildman–Crippen MR) is 74.4 cm³/mol. The van der Waals surface area contributed by atoms with Crippen LogP contribution in [0.3, 0.4) is 0 Å². The van der Waals surface area contributed by atoms with E-state index in [2.05, 4.69) is 6.07 Å². The molecule has 0 fully saturated rings. The van der Waals surface area contributed by atoms with E-state index in [4.69, 9.17) is 9.68 Å². The average molecular weight is 272 g/mol. The summed E-state index contributed by atoms with van der Waals surface area (Å²) in [5.41, 5.74) is 0.798. The van der Waals surface area contributed by atoms with Crippen LogP contribution in [0.2, 0.25) is 0 Å². The monoisotopic (exact) mass is 272 g/mol. The number of nitriles is 1. The number of carboxylic acid groups (broad SMARTS) is 1. The number of fused-ring (bicyclic) bond motifs is 1. The van der Waals surface area contributed by atoms with E-state index >= 15 is 0 Å². The van der Waals surface area contributed by atoms with Gasteiger partial charge >= 0.3 is 5.97 Å². The lowest BCUT2D eigenvalue weighted by Gasteiger charge is -2.17. The van der Waals surface area contributed by atoms with Gasteiger partial charge in [0.15, 0.2) is 0 Å². The zero-order valence-electron chi connectivity index (χ0n) is 11.3. The Labute approximate surface area is 117 Å². The Bertz CT molecular complexity index is 655. The molecule has 1 aromatic heterocycles. The summed E-state index contributed by atoms with van der Waals surface area (Å²) in [5.74, 6) is -0.542. The maximum absolute atomic E-state index is 11.4. The van der Waals surface area contributed by atoms with Gasteiger partial charge in [0.25, 0.3) is 0 Å². The lowest BCUT2D eigenvalue weighted by Crippen LogP contribution is -2.24. The van der Waals surface area contributed by atoms with Crippen molar-refractivity contribution in [3.05, 3.63) is 35.6 Å². The lowest BCUT2D eigenvalue weighted by molar-refractivity contribution is 0.0694. The van der Waals surface area contributed by atoms with Gasteiger partial charge < -0.3 is 9.52 Å². The van der Waals surface area contributed by atoms with Gasteiger partial charge in [-0.2, -0.15) is 5.26 Å². The van der Waals surface area contributed by atoms with Crippen LogP contribution in [0, 0.1) is 11.3 Å². The van der Waals surface area contributed by atoms with Crippen molar-refractivity contribution in [3.8, 4) is 6.07 Å². The SMILES string of the molecule is CCN(CCC#N)Cc1oc2ccccc2c1C(=O)O. The zero-order chi connectivity index (χ0) is 14.5. The van der Waals surface area contributed by atoms with Crippen molar-refractivity contribution in [2.45, 2.75) is 19.9 Å². The summed E-state index contributed by atoms with van der Waals surface area (Å²) >= 11 is 0. The van der Waals surface area contributed by atoms with Gasteiger partial charge in [-0.3, -0.25) is 4.90 Å². The van der Waals surface area contributed by atoms with Crippen molar-refractivity contribution in [3.63, 3.8) is 0 Å². The van der Waals surface area contributed by atoms with Crippen molar-refractivity contribution in [1.29, 1.82) is 5.26 Å². The number of nitrogens with zero attached hydrogens (tertiary/aromatic N) is 2. The van der Waals surface area contributed by atoms with Crippen molar-refractivity contribution in [2.24, 2.45) is 0 Å². The van der Waals surface area contributed by atoms with Crippen LogP contribution in [0.5, 0.6) is 0 Å². The first-order chi connectivity index (χ1) is 9.67. The molecule has 0 unspecified atom stereocenters. The molecule has 1 heterocycles. The highest BCUT2D eigenvalue weighted by molar-refractivity contribution is 6.03. The molecule has 0 saturated heterocycles. The summed E-state index contributed by atoms with van der Waals surface area (Å²) in [7, 11) is 0. The topological polar surface area (TPSA) is 77.5 Å². The summed E-state index contributed by atoms with van der Waals surface area (Å²) in [6.45, 7) is 3.70. The number of furan rings is 1. The van der Waals surface area contributed by atoms with Crippen LogP contribution in [0.1, 0.15) is 29.5 Å². The highest BCUT2D eigenvalue weighted by atomic mass is 16.4. The molecule has 1 N–H and O–H groups in total. The quantitative estimate of drug-likeness (QED) is 0.874. The summed E-state index contributed by atoms with van der Waals surface area (Å²) in [6.07, 6.45) is 0.413. The number of benzene rings is 1. The molecule has 1 aromatic carbocycles. The van der Waals surface area contributed by atoms with Crippen LogP contribution in [-0.4, -0.2) is 29.1 Å². The van der Waals surface area contributed by atoms with E-state index in [0.29, 0.717) is 36.2 Å². The molecule has 0 radical (unpaired) electrons. The fraction of sp³-hybridized carbons (Fsp3) is 0.333. The maximum Gasteiger partial charge on any atom is 0.339 e. The van der Waals surface area contributed by atoms with E-state index in [-0.39, 0.29) is 5.56 Å². The van der Waals surface area contributed by atoms with E-state index < -0.39 is 5.97 Å². The summed E-state index contributed by atoms with van der Waals surface area (Å²) < 4.78 is 5.67. The third kappa shape index (κ3) is 2.81. The molecule has 0 aliphatic heterocycles. The standard InChI is InChI=1S/C15H16N2O3/c1-2-17(9-5-8-16)10-13-14(15(18)19)11-6-3-4-7-12(11)20-13/h3-4,6-7H,2,5,9-10H2,1H3,(H,18,19). The van der Waals surface area contributed by atoms with Gasteiger partial charge in [-0.15, -0.1) is 0 Å². The summed E-state index contributed by atoms with van der Waals surface area (Å²) in [6, 6.07) is 9.21. The highest BCUT2D eigenvalue weighted by Crippen LogP contribution is 2.26. The molecule has 104 valence electrons. The number of hydrogen-bond acceptors (Lipinski definition) is 4. The van der Waals surface area contributed by atoms with E-state index in [1.165, 1.54) is 0 Å². The molecule has 0 aliphatic rings. The van der Waals surface area contributed by atoms with E-state index in [1.54, 1.807) is 18.2 Å². The molecule has 0 spiro atoms. The average Bonchev–Trinajstić information content (AvgIpc) is 2.81. The van der Waals surface area contributed by atoms with Crippen LogP contribution >= 0.6 is 0 Å². The maximum atomic E-state index is 11.4. The van der Waals surface area contributed by atoms with E-state index in [0.717, 1.165) is 6.54 Å². The molecule has 5 heteroatoms. The second-order valence-electron chi connectivity index (χ2n) is 4.48. The van der Waals surface area contributed by atoms with Crippen molar-refractivity contribution < 1.29 is 14.3 Å². The fourth-order valence-corrected chi connectivity index (χ4v) is 2.20. The molecule has 0 bridgehead atoms. The predicted octanol–water partition coefficient (Wildman–Crippen LogP) is 2.87. The number of carbonyl (C=O) groups is 1. The third-order valence-corrected chi connectivity index (χ3v) is 3.24. The van der Waals surface area contributed by atoms with Crippen molar-refractivity contribution in [1.82, 2.24) is 4.90 Å². The Morgan fingerprint density at radius 3 is 2.85 bits per heavy atom. The van der Waals surface area contributed by atoms with Gasteiger partial charge in [0.05, 0.1) is 12.6 Å². The minimum absolute atomic E-state index is 0.219. The third-order valence-electron chi connectivity index (χ3n) is 3.24. The second kappa shape index (κ2) is 6.22. The number of rotatable bonds is 6. The van der Waals surface area contributed by atoms with E-state index in [9.17, 15) is 9.90 Å². The second-order valence-corrected chi connectivity index (χ2v) is 4.48. The first-order valence-corrected chi connectivity index (χ1v) is 6.50. The van der Waals surface area contributed by atoms with Gasteiger partial charge in [0, 0.05) is 18.4 Å². The van der Waals surface area contributed by atoms with Crippen LogP contribution in [-0.2, 0) is 6.54 Å². The molecule has 20 heavy (non-hydrogen) atoms. The smallest absolute Gasteiger partial charge is 0.339 e. The van der Waals surface area contributed by atoms with Crippen molar-refractivity contribution in [2.75, 3.05) is 13.1 Å². The first kappa shape index (κ1) is 14.1.